The van der Waals surface area contributed by atoms with Crippen LogP contribution in [0.1, 0.15) is 12.0 Å². The van der Waals surface area contributed by atoms with Gasteiger partial charge in [-0.2, -0.15) is 0 Å². The second-order valence-corrected chi connectivity index (χ2v) is 4.94. The van der Waals surface area contributed by atoms with E-state index in [2.05, 4.69) is 29.4 Å². The third-order valence-corrected chi connectivity index (χ3v) is 3.47. The Bertz CT molecular complexity index is 383. The molecule has 92 valence electrons. The third kappa shape index (κ3) is 2.82. The summed E-state index contributed by atoms with van der Waals surface area (Å²) in [6.45, 7) is 10.0. The number of hydrogen-bond acceptors (Lipinski definition) is 2. The fourth-order valence-corrected chi connectivity index (χ4v) is 2.75. The second kappa shape index (κ2) is 5.56. The number of benzene rings is 1. The Morgan fingerprint density at radius 3 is 2.94 bits per heavy atom. The van der Waals surface area contributed by atoms with E-state index in [1.807, 2.05) is 18.2 Å². The monoisotopic (exact) mass is 250 g/mol. The SMILES string of the molecule is C=CCN1CCCN(c2c(C)cccc2Cl)C1. The van der Waals surface area contributed by atoms with Gasteiger partial charge in [0.15, 0.2) is 0 Å². The van der Waals surface area contributed by atoms with Gasteiger partial charge in [-0.1, -0.05) is 29.8 Å². The van der Waals surface area contributed by atoms with Gasteiger partial charge in [0.1, 0.15) is 0 Å². The molecule has 17 heavy (non-hydrogen) atoms. The predicted octanol–water partition coefficient (Wildman–Crippen LogP) is 3.30. The molecule has 1 saturated heterocycles. The molecular weight excluding hydrogens is 232 g/mol. The normalized spacial score (nSPS) is 17.2. The van der Waals surface area contributed by atoms with E-state index < -0.39 is 0 Å². The van der Waals surface area contributed by atoms with Crippen LogP contribution in [0.3, 0.4) is 0 Å². The Balaban J connectivity index is 2.18. The van der Waals surface area contributed by atoms with Crippen LogP contribution in [0.2, 0.25) is 5.02 Å². The fourth-order valence-electron chi connectivity index (χ4n) is 2.41. The largest absolute Gasteiger partial charge is 0.357 e. The number of hydrogen-bond donors (Lipinski definition) is 0. The number of halogens is 1. The molecule has 1 aliphatic heterocycles. The highest BCUT2D eigenvalue weighted by atomic mass is 35.5. The fraction of sp³-hybridized carbons (Fsp3) is 0.429. The Hall–Kier alpha value is -0.990. The average Bonchev–Trinajstić information content (AvgIpc) is 2.30. The summed E-state index contributed by atoms with van der Waals surface area (Å²) in [5, 5.41) is 0.852. The zero-order valence-electron chi connectivity index (χ0n) is 10.3. The lowest BCUT2D eigenvalue weighted by molar-refractivity contribution is 0.265. The minimum absolute atomic E-state index is 0.852. The molecule has 0 spiro atoms. The summed E-state index contributed by atoms with van der Waals surface area (Å²) >= 11 is 6.31. The molecule has 0 amide bonds. The molecule has 1 heterocycles. The lowest BCUT2D eigenvalue weighted by Gasteiger charge is -2.37. The van der Waals surface area contributed by atoms with E-state index >= 15 is 0 Å². The highest BCUT2D eigenvalue weighted by Crippen LogP contribution is 2.30. The molecular formula is C14H19ClN2. The van der Waals surface area contributed by atoms with Gasteiger partial charge in [0.2, 0.25) is 0 Å². The van der Waals surface area contributed by atoms with Gasteiger partial charge in [0.25, 0.3) is 0 Å². The maximum absolute atomic E-state index is 6.31. The van der Waals surface area contributed by atoms with E-state index in [0.29, 0.717) is 0 Å². The summed E-state index contributed by atoms with van der Waals surface area (Å²) in [4.78, 5) is 4.75. The smallest absolute Gasteiger partial charge is 0.0710 e. The molecule has 0 atom stereocenters. The minimum Gasteiger partial charge on any atom is -0.357 e. The van der Waals surface area contributed by atoms with Crippen molar-refractivity contribution in [3.63, 3.8) is 0 Å². The van der Waals surface area contributed by atoms with Gasteiger partial charge in [-0.05, 0) is 25.0 Å². The first-order valence-corrected chi connectivity index (χ1v) is 6.43. The first kappa shape index (κ1) is 12.5. The van der Waals surface area contributed by atoms with Crippen LogP contribution < -0.4 is 4.90 Å². The van der Waals surface area contributed by atoms with E-state index in [0.717, 1.165) is 31.3 Å². The van der Waals surface area contributed by atoms with Crippen molar-refractivity contribution in [1.82, 2.24) is 4.90 Å². The first-order chi connectivity index (χ1) is 8.22. The molecule has 3 heteroatoms. The molecule has 0 radical (unpaired) electrons. The van der Waals surface area contributed by atoms with E-state index in [1.54, 1.807) is 0 Å². The van der Waals surface area contributed by atoms with E-state index in [4.69, 9.17) is 11.6 Å². The average molecular weight is 251 g/mol. The maximum atomic E-state index is 6.31. The van der Waals surface area contributed by atoms with Gasteiger partial charge < -0.3 is 4.90 Å². The van der Waals surface area contributed by atoms with Crippen LogP contribution in [0.4, 0.5) is 5.69 Å². The van der Waals surface area contributed by atoms with Crippen LogP contribution in [-0.2, 0) is 0 Å². The topological polar surface area (TPSA) is 6.48 Å². The van der Waals surface area contributed by atoms with Gasteiger partial charge in [-0.15, -0.1) is 6.58 Å². The summed E-state index contributed by atoms with van der Waals surface area (Å²) in [5.74, 6) is 0. The van der Waals surface area contributed by atoms with Gasteiger partial charge in [0, 0.05) is 19.6 Å². The second-order valence-electron chi connectivity index (χ2n) is 4.53. The molecule has 1 fully saturated rings. The highest BCUT2D eigenvalue weighted by Gasteiger charge is 2.19. The van der Waals surface area contributed by atoms with Crippen molar-refractivity contribution in [2.24, 2.45) is 0 Å². The number of anilines is 1. The van der Waals surface area contributed by atoms with Crippen LogP contribution >= 0.6 is 11.6 Å². The van der Waals surface area contributed by atoms with Crippen LogP contribution in [0.25, 0.3) is 0 Å². The van der Waals surface area contributed by atoms with Crippen molar-refractivity contribution in [3.05, 3.63) is 41.4 Å². The van der Waals surface area contributed by atoms with Gasteiger partial charge in [0.05, 0.1) is 17.4 Å². The Labute approximate surface area is 108 Å². The third-order valence-electron chi connectivity index (χ3n) is 3.17. The summed E-state index contributed by atoms with van der Waals surface area (Å²) < 4.78 is 0. The molecule has 0 N–H and O–H groups in total. The van der Waals surface area contributed by atoms with Gasteiger partial charge >= 0.3 is 0 Å². The number of nitrogens with zero attached hydrogens (tertiary/aromatic N) is 2. The molecule has 1 aliphatic rings. The zero-order chi connectivity index (χ0) is 12.3. The first-order valence-electron chi connectivity index (χ1n) is 6.05. The maximum Gasteiger partial charge on any atom is 0.0710 e. The Morgan fingerprint density at radius 1 is 1.41 bits per heavy atom. The summed E-state index contributed by atoms with van der Waals surface area (Å²) in [5.41, 5.74) is 2.43. The molecule has 1 aromatic rings. The van der Waals surface area contributed by atoms with E-state index in [-0.39, 0.29) is 0 Å². The standard InChI is InChI=1S/C14H19ClN2/c1-3-8-16-9-5-10-17(11-16)14-12(2)6-4-7-13(14)15/h3-4,6-7H,1,5,8-11H2,2H3. The molecule has 0 saturated carbocycles. The Kier molecular flexibility index (Phi) is 4.08. The van der Waals surface area contributed by atoms with Crippen molar-refractivity contribution < 1.29 is 0 Å². The van der Waals surface area contributed by atoms with Crippen molar-refractivity contribution in [2.75, 3.05) is 31.2 Å². The van der Waals surface area contributed by atoms with Crippen molar-refractivity contribution in [1.29, 1.82) is 0 Å². The molecule has 2 rings (SSSR count). The quantitative estimate of drug-likeness (QED) is 0.760. The van der Waals surface area contributed by atoms with Crippen molar-refractivity contribution in [2.45, 2.75) is 13.3 Å². The number of aryl methyl sites for hydroxylation is 1. The van der Waals surface area contributed by atoms with Gasteiger partial charge in [-0.25, -0.2) is 0 Å². The summed E-state index contributed by atoms with van der Waals surface area (Å²) in [6, 6.07) is 6.09. The van der Waals surface area contributed by atoms with Gasteiger partial charge in [-0.3, -0.25) is 4.90 Å². The lowest BCUT2D eigenvalue weighted by Crippen LogP contribution is -2.45. The lowest BCUT2D eigenvalue weighted by atomic mass is 10.1. The van der Waals surface area contributed by atoms with E-state index in [9.17, 15) is 0 Å². The molecule has 0 bridgehead atoms. The summed E-state index contributed by atoms with van der Waals surface area (Å²) in [7, 11) is 0. The molecule has 0 aromatic heterocycles. The van der Waals surface area contributed by atoms with Crippen molar-refractivity contribution >= 4 is 17.3 Å². The predicted molar refractivity (Wildman–Crippen MR) is 74.8 cm³/mol. The molecule has 1 aromatic carbocycles. The molecule has 2 nitrogen and oxygen atoms in total. The highest BCUT2D eigenvalue weighted by molar-refractivity contribution is 6.33. The van der Waals surface area contributed by atoms with E-state index in [1.165, 1.54) is 17.7 Å². The molecule has 0 unspecified atom stereocenters. The summed E-state index contributed by atoms with van der Waals surface area (Å²) in [6.07, 6.45) is 3.14. The number of para-hydroxylation sites is 1. The zero-order valence-corrected chi connectivity index (χ0v) is 11.1. The minimum atomic E-state index is 0.852. The van der Waals surface area contributed by atoms with Crippen LogP contribution in [0, 0.1) is 6.92 Å². The number of rotatable bonds is 3. The van der Waals surface area contributed by atoms with Crippen molar-refractivity contribution in [3.8, 4) is 0 Å². The van der Waals surface area contributed by atoms with Crippen LogP contribution in [0.5, 0.6) is 0 Å². The van der Waals surface area contributed by atoms with Crippen LogP contribution in [-0.4, -0.2) is 31.2 Å². The molecule has 0 aliphatic carbocycles. The van der Waals surface area contributed by atoms with Crippen LogP contribution in [0.15, 0.2) is 30.9 Å². The Morgan fingerprint density at radius 2 is 2.24 bits per heavy atom.